The predicted molar refractivity (Wildman–Crippen MR) is 70.4 cm³/mol. The molecule has 0 saturated carbocycles. The average molecular weight is 291 g/mol. The lowest BCUT2D eigenvalue weighted by molar-refractivity contribution is -0.139. The Hall–Kier alpha value is -3.09. The molecule has 0 saturated heterocycles. The largest absolute Gasteiger partial charge is 0.468 e. The van der Waals surface area contributed by atoms with Gasteiger partial charge in [0.2, 0.25) is 0 Å². The monoisotopic (exact) mass is 291 g/mol. The molecule has 0 spiro atoms. The summed E-state index contributed by atoms with van der Waals surface area (Å²) in [4.78, 5) is 24.4. The highest BCUT2D eigenvalue weighted by Crippen LogP contribution is 2.23. The summed E-state index contributed by atoms with van der Waals surface area (Å²) < 4.78 is 4.46. The van der Waals surface area contributed by atoms with Crippen LogP contribution < -0.4 is 10.6 Å². The number of amides is 2. The van der Waals surface area contributed by atoms with Crippen molar-refractivity contribution in [2.75, 3.05) is 26.9 Å². The molecule has 3 N–H and O–H groups in total. The highest BCUT2D eigenvalue weighted by atomic mass is 16.5. The van der Waals surface area contributed by atoms with Crippen LogP contribution in [0.5, 0.6) is 0 Å². The van der Waals surface area contributed by atoms with E-state index in [-0.39, 0.29) is 37.1 Å². The molecule has 2 heterocycles. The molecule has 10 nitrogen and oxygen atoms in total. The van der Waals surface area contributed by atoms with Gasteiger partial charge in [0.25, 0.3) is 0 Å². The maximum Gasteiger partial charge on any atom is 0.349 e. The number of methoxy groups -OCH3 is 1. The minimum atomic E-state index is -0.512. The topological polar surface area (TPSA) is 122 Å². The van der Waals surface area contributed by atoms with Crippen LogP contribution in [0.25, 0.3) is 0 Å². The zero-order valence-electron chi connectivity index (χ0n) is 11.2. The van der Waals surface area contributed by atoms with Gasteiger partial charge >= 0.3 is 12.0 Å². The second-order valence-corrected chi connectivity index (χ2v) is 4.00. The Morgan fingerprint density at radius 1 is 1.67 bits per heavy atom. The van der Waals surface area contributed by atoms with Crippen molar-refractivity contribution in [1.29, 1.82) is 5.41 Å². The van der Waals surface area contributed by atoms with Crippen molar-refractivity contribution >= 4 is 17.8 Å². The molecule has 2 aliphatic heterocycles. The summed E-state index contributed by atoms with van der Waals surface area (Å²) in [5.74, 6) is 1.91. The van der Waals surface area contributed by atoms with Crippen molar-refractivity contribution in [1.82, 2.24) is 20.5 Å². The molecule has 110 valence electrons. The number of terminal acetylenes is 1. The first-order valence-electron chi connectivity index (χ1n) is 5.90. The van der Waals surface area contributed by atoms with E-state index < -0.39 is 12.0 Å². The van der Waals surface area contributed by atoms with Crippen LogP contribution in [-0.2, 0) is 9.53 Å². The summed E-state index contributed by atoms with van der Waals surface area (Å²) in [6, 6.07) is -0.429. The van der Waals surface area contributed by atoms with Gasteiger partial charge in [-0.05, 0) is 0 Å². The summed E-state index contributed by atoms with van der Waals surface area (Å²) in [5, 5.41) is 21.9. The smallest absolute Gasteiger partial charge is 0.349 e. The van der Waals surface area contributed by atoms with E-state index in [2.05, 4.69) is 31.6 Å². The first-order valence-corrected chi connectivity index (χ1v) is 5.90. The average Bonchev–Trinajstić information content (AvgIpc) is 2.92. The molecule has 10 heteroatoms. The third kappa shape index (κ3) is 2.76. The standard InChI is InChI=1S/C11H13N7O3/c1-3-4-18-11(20)17-6-14-8(10(17)15-16-18)9(12)13-5-7(19)21-2/h1,14H,4-6H2,2H3,(H2,12,13). The molecule has 0 fully saturated rings. The van der Waals surface area contributed by atoms with Crippen LogP contribution in [0.3, 0.4) is 0 Å². The van der Waals surface area contributed by atoms with Crippen LogP contribution in [0.1, 0.15) is 0 Å². The van der Waals surface area contributed by atoms with Crippen molar-refractivity contribution in [3.05, 3.63) is 11.5 Å². The fourth-order valence-electron chi connectivity index (χ4n) is 1.69. The predicted octanol–water partition coefficient (Wildman–Crippen LogP) is -0.806. The van der Waals surface area contributed by atoms with Gasteiger partial charge in [0.1, 0.15) is 24.6 Å². The lowest BCUT2D eigenvalue weighted by atomic mass is 10.4. The first kappa shape index (κ1) is 14.3. The van der Waals surface area contributed by atoms with Gasteiger partial charge in [0, 0.05) is 0 Å². The molecule has 0 aromatic rings. The second-order valence-electron chi connectivity index (χ2n) is 4.00. The van der Waals surface area contributed by atoms with Gasteiger partial charge in [-0.1, -0.05) is 11.1 Å². The highest BCUT2D eigenvalue weighted by Gasteiger charge is 2.35. The number of nitrogens with one attached hydrogen (secondary N) is 3. The Bertz CT molecular complexity index is 589. The number of urea groups is 1. The van der Waals surface area contributed by atoms with Crippen LogP contribution >= 0.6 is 0 Å². The molecule has 2 rings (SSSR count). The molecule has 0 atom stereocenters. The zero-order chi connectivity index (χ0) is 15.4. The van der Waals surface area contributed by atoms with E-state index >= 15 is 0 Å². The number of hydrogen-bond donors (Lipinski definition) is 3. The molecule has 21 heavy (non-hydrogen) atoms. The SMILES string of the molecule is C#CCN1N=NC2=C(C(=N)NCC(=O)OC)NCN2C1=O. The third-order valence-corrected chi connectivity index (χ3v) is 2.72. The lowest BCUT2D eigenvalue weighted by Gasteiger charge is -2.25. The molecule has 0 bridgehead atoms. The van der Waals surface area contributed by atoms with Crippen molar-refractivity contribution in [3.8, 4) is 12.3 Å². The highest BCUT2D eigenvalue weighted by molar-refractivity contribution is 5.98. The van der Waals surface area contributed by atoms with Crippen molar-refractivity contribution in [3.63, 3.8) is 0 Å². The number of nitrogens with zero attached hydrogens (tertiary/aromatic N) is 4. The molecular weight excluding hydrogens is 278 g/mol. The van der Waals surface area contributed by atoms with E-state index in [0.717, 1.165) is 5.01 Å². The molecule has 2 aliphatic rings. The Labute approximate surface area is 120 Å². The van der Waals surface area contributed by atoms with Crippen LogP contribution in [0.2, 0.25) is 0 Å². The van der Waals surface area contributed by atoms with E-state index in [0.29, 0.717) is 0 Å². The van der Waals surface area contributed by atoms with E-state index in [1.165, 1.54) is 12.0 Å². The van der Waals surface area contributed by atoms with Gasteiger partial charge in [-0.2, -0.15) is 5.01 Å². The Kier molecular flexibility index (Phi) is 4.03. The molecule has 0 aromatic carbocycles. The fourth-order valence-corrected chi connectivity index (χ4v) is 1.69. The van der Waals surface area contributed by atoms with Gasteiger partial charge in [-0.25, -0.2) is 4.79 Å². The number of fused-ring (bicyclic) bond motifs is 1. The van der Waals surface area contributed by atoms with E-state index in [4.69, 9.17) is 11.8 Å². The number of hydrogen-bond acceptors (Lipinski definition) is 7. The van der Waals surface area contributed by atoms with E-state index in [1.807, 2.05) is 0 Å². The number of ether oxygens (including phenoxy) is 1. The number of amidine groups is 1. The third-order valence-electron chi connectivity index (χ3n) is 2.72. The number of carbonyl (C=O) groups excluding carboxylic acids is 2. The van der Waals surface area contributed by atoms with Crippen molar-refractivity contribution in [2.24, 2.45) is 10.3 Å². The number of rotatable bonds is 4. The minimum absolute atomic E-state index is 0.0134. The van der Waals surface area contributed by atoms with Gasteiger partial charge in [0.05, 0.1) is 13.8 Å². The van der Waals surface area contributed by atoms with Crippen LogP contribution in [0, 0.1) is 17.8 Å². The Balaban J connectivity index is 2.13. The second kappa shape index (κ2) is 5.91. The lowest BCUT2D eigenvalue weighted by Crippen LogP contribution is -2.42. The molecule has 0 radical (unpaired) electrons. The quantitative estimate of drug-likeness (QED) is 0.271. The Morgan fingerprint density at radius 3 is 3.10 bits per heavy atom. The molecule has 0 aromatic heterocycles. The van der Waals surface area contributed by atoms with E-state index in [9.17, 15) is 9.59 Å². The molecule has 0 unspecified atom stereocenters. The summed E-state index contributed by atoms with van der Waals surface area (Å²) in [6.45, 7) is -0.00649. The number of esters is 1. The summed E-state index contributed by atoms with van der Waals surface area (Å²) in [7, 11) is 1.25. The van der Waals surface area contributed by atoms with Crippen molar-refractivity contribution in [2.45, 2.75) is 0 Å². The zero-order valence-corrected chi connectivity index (χ0v) is 11.2. The molecular formula is C11H13N7O3. The van der Waals surface area contributed by atoms with Crippen molar-refractivity contribution < 1.29 is 14.3 Å². The normalized spacial score (nSPS) is 16.3. The van der Waals surface area contributed by atoms with Crippen LogP contribution in [0.4, 0.5) is 4.79 Å². The maximum absolute atomic E-state index is 12.0. The summed E-state index contributed by atoms with van der Waals surface area (Å²) in [5.41, 5.74) is 0.274. The van der Waals surface area contributed by atoms with Crippen LogP contribution in [0.15, 0.2) is 21.9 Å². The minimum Gasteiger partial charge on any atom is -0.468 e. The maximum atomic E-state index is 12.0. The Morgan fingerprint density at radius 2 is 2.43 bits per heavy atom. The van der Waals surface area contributed by atoms with E-state index in [1.54, 1.807) is 0 Å². The van der Waals surface area contributed by atoms with Gasteiger partial charge in [0.15, 0.2) is 5.82 Å². The summed E-state index contributed by atoms with van der Waals surface area (Å²) >= 11 is 0. The van der Waals surface area contributed by atoms with Gasteiger partial charge in [-0.3, -0.25) is 15.1 Å². The summed E-state index contributed by atoms with van der Waals surface area (Å²) in [6.07, 6.45) is 5.14. The molecule has 0 aliphatic carbocycles. The first-order chi connectivity index (χ1) is 10.1. The van der Waals surface area contributed by atoms with Gasteiger partial charge < -0.3 is 15.4 Å². The van der Waals surface area contributed by atoms with Crippen LogP contribution in [-0.4, -0.2) is 54.6 Å². The molecule has 2 amide bonds. The van der Waals surface area contributed by atoms with Gasteiger partial charge in [-0.15, -0.1) is 11.5 Å². The number of carbonyl (C=O) groups is 2. The fraction of sp³-hybridized carbons (Fsp3) is 0.364.